The Bertz CT molecular complexity index is 1070. The minimum absolute atomic E-state index is 0.0103. The topological polar surface area (TPSA) is 116 Å². The highest BCUT2D eigenvalue weighted by molar-refractivity contribution is 7.91. The quantitative estimate of drug-likeness (QED) is 0.635. The molecule has 10 heteroatoms. The van der Waals surface area contributed by atoms with Crippen molar-refractivity contribution < 1.29 is 32.6 Å². The summed E-state index contributed by atoms with van der Waals surface area (Å²) < 4.78 is 47.0. The molecule has 0 bridgehead atoms. The smallest absolute Gasteiger partial charge is 0.330 e. The van der Waals surface area contributed by atoms with Crippen LogP contribution >= 0.6 is 0 Å². The molecule has 0 saturated carbocycles. The van der Waals surface area contributed by atoms with Crippen molar-refractivity contribution in [3.63, 3.8) is 0 Å². The highest BCUT2D eigenvalue weighted by Gasteiger charge is 2.33. The molecule has 3 rings (SSSR count). The van der Waals surface area contributed by atoms with Crippen LogP contribution in [0, 0.1) is 5.82 Å². The van der Waals surface area contributed by atoms with Crippen LogP contribution in [0.5, 0.6) is 5.75 Å². The van der Waals surface area contributed by atoms with Crippen LogP contribution in [0.25, 0.3) is 6.08 Å². The van der Waals surface area contributed by atoms with Crippen LogP contribution in [0.15, 0.2) is 60.6 Å². The van der Waals surface area contributed by atoms with E-state index in [0.717, 1.165) is 30.0 Å². The first-order valence-electron chi connectivity index (χ1n) is 7.90. The first-order valence-corrected chi connectivity index (χ1v) is 9.34. The number of aliphatic hydroxyl groups excluding tert-OH is 1. The lowest BCUT2D eigenvalue weighted by Crippen LogP contribution is -2.30. The van der Waals surface area contributed by atoms with Gasteiger partial charge in [0, 0.05) is 6.08 Å². The van der Waals surface area contributed by atoms with E-state index in [1.54, 1.807) is 24.3 Å². The van der Waals surface area contributed by atoms with Crippen molar-refractivity contribution in [3.8, 4) is 5.75 Å². The number of carboxylic acid groups (broad SMARTS) is 1. The number of carbonyl (C=O) groups is 1. The zero-order valence-corrected chi connectivity index (χ0v) is 15.1. The zero-order chi connectivity index (χ0) is 20.3. The molecule has 1 aliphatic rings. The number of nitrogens with zero attached hydrogens (tertiary/aromatic N) is 1. The third-order valence-corrected chi connectivity index (χ3v) is 4.93. The number of aliphatic carboxylic acids is 1. The van der Waals surface area contributed by atoms with Gasteiger partial charge in [-0.2, -0.15) is 8.42 Å². The Kier molecular flexibility index (Phi) is 5.23. The largest absolute Gasteiger partial charge is 0.493 e. The molecule has 28 heavy (non-hydrogen) atoms. The molecule has 2 aromatic carbocycles. The Morgan fingerprint density at radius 1 is 1.25 bits per heavy atom. The summed E-state index contributed by atoms with van der Waals surface area (Å²) in [5.74, 6) is -3.03. The predicted molar refractivity (Wildman–Crippen MR) is 99.1 cm³/mol. The number of hydrogen-bond acceptors (Lipinski definition) is 5. The number of nitrogens with one attached hydrogen (secondary N) is 1. The summed E-state index contributed by atoms with van der Waals surface area (Å²) in [6.07, 6.45) is 2.76. The molecule has 0 radical (unpaired) electrons. The molecule has 0 saturated heterocycles. The van der Waals surface area contributed by atoms with E-state index < -0.39 is 33.6 Å². The van der Waals surface area contributed by atoms with Gasteiger partial charge in [-0.3, -0.25) is 0 Å². The second-order valence-electron chi connectivity index (χ2n) is 5.71. The number of benzene rings is 2. The second-order valence-corrected chi connectivity index (χ2v) is 7.26. The Hall–Kier alpha value is -3.53. The van der Waals surface area contributed by atoms with E-state index in [2.05, 4.69) is 0 Å². The minimum atomic E-state index is -4.25. The molecule has 2 aromatic rings. The molecule has 0 unspecified atom stereocenters. The standard InChI is InChI=1S/C18H15FN2O6S/c19-14-8-13(6-7-17(23)24)9-15(27-11-12-4-2-1-3-5-12)18(14)21-10-16(22)20-28(21,25)26/h1-10,20,22H,11H2,(H,23,24). The number of hydrogen-bond donors (Lipinski definition) is 3. The number of carboxylic acids is 1. The first-order chi connectivity index (χ1) is 13.3. The van der Waals surface area contributed by atoms with Gasteiger partial charge in [0.15, 0.2) is 5.82 Å². The van der Waals surface area contributed by atoms with E-state index in [4.69, 9.17) is 9.84 Å². The molecule has 146 valence electrons. The molecule has 3 N–H and O–H groups in total. The highest BCUT2D eigenvalue weighted by Crippen LogP contribution is 2.37. The summed E-state index contributed by atoms with van der Waals surface area (Å²) in [5, 5.41) is 18.2. The molecule has 0 fully saturated rings. The fourth-order valence-corrected chi connectivity index (χ4v) is 3.56. The van der Waals surface area contributed by atoms with Gasteiger partial charge in [-0.1, -0.05) is 30.3 Å². The van der Waals surface area contributed by atoms with Gasteiger partial charge in [-0.25, -0.2) is 18.2 Å². The normalized spacial score (nSPS) is 15.3. The van der Waals surface area contributed by atoms with E-state index in [0.29, 0.717) is 4.31 Å². The van der Waals surface area contributed by atoms with Crippen LogP contribution in [-0.2, 0) is 21.6 Å². The Morgan fingerprint density at radius 3 is 2.57 bits per heavy atom. The molecule has 8 nitrogen and oxygen atoms in total. The number of ether oxygens (including phenoxy) is 1. The van der Waals surface area contributed by atoms with Crippen molar-refractivity contribution in [2.45, 2.75) is 6.61 Å². The third kappa shape index (κ3) is 4.23. The van der Waals surface area contributed by atoms with Gasteiger partial charge in [0.25, 0.3) is 0 Å². The van der Waals surface area contributed by atoms with E-state index in [1.165, 1.54) is 6.07 Å². The molecule has 0 aliphatic carbocycles. The van der Waals surface area contributed by atoms with E-state index >= 15 is 0 Å². The maximum atomic E-state index is 14.8. The Balaban J connectivity index is 2.05. The van der Waals surface area contributed by atoms with E-state index in [-0.39, 0.29) is 17.9 Å². The maximum absolute atomic E-state index is 14.8. The number of rotatable bonds is 6. The van der Waals surface area contributed by atoms with Gasteiger partial charge in [0.05, 0.1) is 6.20 Å². The molecule has 0 amide bonds. The summed E-state index contributed by atoms with van der Waals surface area (Å²) in [6, 6.07) is 11.2. The third-order valence-electron chi connectivity index (χ3n) is 3.66. The predicted octanol–water partition coefficient (Wildman–Crippen LogP) is 2.51. The lowest BCUT2D eigenvalue weighted by atomic mass is 10.1. The van der Waals surface area contributed by atoms with Crippen LogP contribution in [0.1, 0.15) is 11.1 Å². The van der Waals surface area contributed by atoms with Gasteiger partial charge in [-0.05, 0) is 29.3 Å². The van der Waals surface area contributed by atoms with Gasteiger partial charge in [-0.15, -0.1) is 0 Å². The monoisotopic (exact) mass is 406 g/mol. The molecule has 1 heterocycles. The second kappa shape index (κ2) is 7.61. The summed E-state index contributed by atoms with van der Waals surface area (Å²) in [4.78, 5) is 10.7. The average Bonchev–Trinajstić information content (AvgIpc) is 2.90. The fraction of sp³-hybridized carbons (Fsp3) is 0.0556. The first kappa shape index (κ1) is 19.2. The number of halogens is 1. The highest BCUT2D eigenvalue weighted by atomic mass is 32.2. The summed E-state index contributed by atoms with van der Waals surface area (Å²) in [5.41, 5.74) is 0.463. The van der Waals surface area contributed by atoms with Crippen LogP contribution < -0.4 is 13.8 Å². The van der Waals surface area contributed by atoms with Crippen LogP contribution in [0.3, 0.4) is 0 Å². The minimum Gasteiger partial charge on any atom is -0.493 e. The molecule has 0 atom stereocenters. The summed E-state index contributed by atoms with van der Waals surface area (Å²) in [7, 11) is -4.25. The van der Waals surface area contributed by atoms with Gasteiger partial charge >= 0.3 is 16.2 Å². The van der Waals surface area contributed by atoms with E-state index in [9.17, 15) is 22.7 Å². The van der Waals surface area contributed by atoms with E-state index in [1.807, 2.05) is 10.8 Å². The molecular weight excluding hydrogens is 391 g/mol. The van der Waals surface area contributed by atoms with Crippen molar-refractivity contribution in [3.05, 3.63) is 77.6 Å². The van der Waals surface area contributed by atoms with Crippen molar-refractivity contribution in [2.75, 3.05) is 4.31 Å². The van der Waals surface area contributed by atoms with Crippen molar-refractivity contribution in [1.82, 2.24) is 4.72 Å². The zero-order valence-electron chi connectivity index (χ0n) is 14.2. The summed E-state index contributed by atoms with van der Waals surface area (Å²) in [6.45, 7) is 0.0103. The molecular formula is C18H15FN2O6S. The lowest BCUT2D eigenvalue weighted by molar-refractivity contribution is -0.131. The molecule has 0 aromatic heterocycles. The van der Waals surface area contributed by atoms with Gasteiger partial charge in [0.2, 0.25) is 5.88 Å². The van der Waals surface area contributed by atoms with Crippen LogP contribution in [0.4, 0.5) is 10.1 Å². The lowest BCUT2D eigenvalue weighted by Gasteiger charge is -2.19. The average molecular weight is 406 g/mol. The SMILES string of the molecule is O=C(O)C=Cc1cc(F)c(N2C=C(O)NS2(=O)=O)c(OCc2ccccc2)c1. The molecule has 1 aliphatic heterocycles. The van der Waals surface area contributed by atoms with Crippen molar-refractivity contribution in [2.24, 2.45) is 0 Å². The van der Waals surface area contributed by atoms with Crippen molar-refractivity contribution >= 4 is 27.9 Å². The van der Waals surface area contributed by atoms with Crippen LogP contribution in [-0.4, -0.2) is 24.6 Å². The summed E-state index contributed by atoms with van der Waals surface area (Å²) >= 11 is 0. The van der Waals surface area contributed by atoms with Gasteiger partial charge < -0.3 is 14.9 Å². The Morgan fingerprint density at radius 2 is 1.96 bits per heavy atom. The maximum Gasteiger partial charge on any atom is 0.330 e. The molecule has 0 spiro atoms. The van der Waals surface area contributed by atoms with Crippen molar-refractivity contribution in [1.29, 1.82) is 0 Å². The van der Waals surface area contributed by atoms with Crippen LogP contribution in [0.2, 0.25) is 0 Å². The Labute approximate surface area is 160 Å². The number of anilines is 1. The fourth-order valence-electron chi connectivity index (χ4n) is 2.49. The van der Waals surface area contributed by atoms with Gasteiger partial charge in [0.1, 0.15) is 18.0 Å². The number of aliphatic hydroxyl groups is 1.